The summed E-state index contributed by atoms with van der Waals surface area (Å²) in [7, 11) is 0. The predicted molar refractivity (Wildman–Crippen MR) is 92.1 cm³/mol. The average Bonchev–Trinajstić information content (AvgIpc) is 3.11. The van der Waals surface area contributed by atoms with Gasteiger partial charge in [0.1, 0.15) is 5.82 Å². The van der Waals surface area contributed by atoms with Gasteiger partial charge in [-0.3, -0.25) is 4.90 Å². The van der Waals surface area contributed by atoms with Crippen molar-refractivity contribution in [3.8, 4) is 0 Å². The molecule has 5 nitrogen and oxygen atoms in total. The van der Waals surface area contributed by atoms with Crippen LogP contribution in [-0.4, -0.2) is 54.6 Å². The number of halogens is 1. The highest BCUT2D eigenvalue weighted by Crippen LogP contribution is 2.25. The molecule has 2 amide bonds. The summed E-state index contributed by atoms with van der Waals surface area (Å²) in [5.74, 6) is -0.229. The van der Waals surface area contributed by atoms with Crippen LogP contribution in [0, 0.1) is 5.82 Å². The van der Waals surface area contributed by atoms with Crippen LogP contribution in [0.5, 0.6) is 0 Å². The molecule has 2 heterocycles. The molecule has 1 aromatic carbocycles. The van der Waals surface area contributed by atoms with E-state index in [0.29, 0.717) is 6.54 Å². The molecule has 0 radical (unpaired) electrons. The lowest BCUT2D eigenvalue weighted by Gasteiger charge is -2.32. The Morgan fingerprint density at radius 3 is 2.42 bits per heavy atom. The molecular weight excluding hydrogens is 307 g/mol. The maximum absolute atomic E-state index is 13.2. The first-order valence-corrected chi connectivity index (χ1v) is 8.91. The number of piperidine rings is 1. The first-order valence-electron chi connectivity index (χ1n) is 8.91. The number of nitrogens with zero attached hydrogens (tertiary/aromatic N) is 2. The molecule has 0 bridgehead atoms. The molecule has 24 heavy (non-hydrogen) atoms. The number of nitrogens with one attached hydrogen (secondary N) is 1. The van der Waals surface area contributed by atoms with Crippen LogP contribution in [-0.2, 0) is 0 Å². The van der Waals surface area contributed by atoms with Crippen LogP contribution in [0.1, 0.15) is 37.3 Å². The van der Waals surface area contributed by atoms with E-state index in [4.69, 9.17) is 5.73 Å². The number of amides is 2. The second-order valence-electron chi connectivity index (χ2n) is 6.82. The van der Waals surface area contributed by atoms with E-state index in [1.165, 1.54) is 25.0 Å². The molecule has 0 aromatic heterocycles. The molecule has 3 rings (SSSR count). The minimum Gasteiger partial charge on any atom is -0.336 e. The Morgan fingerprint density at radius 1 is 1.17 bits per heavy atom. The minimum absolute atomic E-state index is 0.0202. The maximum atomic E-state index is 13.2. The highest BCUT2D eigenvalue weighted by atomic mass is 19.1. The Hall–Kier alpha value is -1.66. The number of nitrogens with two attached hydrogens (primary N) is 1. The molecular formula is C18H27FN4O. The Bertz CT molecular complexity index is 536. The molecule has 2 saturated heterocycles. The molecule has 2 aliphatic rings. The van der Waals surface area contributed by atoms with E-state index in [0.717, 1.165) is 44.6 Å². The van der Waals surface area contributed by atoms with Gasteiger partial charge in [-0.1, -0.05) is 12.1 Å². The van der Waals surface area contributed by atoms with Gasteiger partial charge in [0.2, 0.25) is 0 Å². The van der Waals surface area contributed by atoms with E-state index >= 15 is 0 Å². The SMILES string of the molecule is NC1CCN(C(=O)NCC(c2ccc(F)cc2)N2CCCC2)CC1. The van der Waals surface area contributed by atoms with Crippen LogP contribution in [0.25, 0.3) is 0 Å². The molecule has 0 aliphatic carbocycles. The number of rotatable bonds is 4. The molecule has 3 N–H and O–H groups in total. The monoisotopic (exact) mass is 334 g/mol. The van der Waals surface area contributed by atoms with Gasteiger partial charge in [0, 0.05) is 25.7 Å². The third kappa shape index (κ3) is 4.24. The van der Waals surface area contributed by atoms with Gasteiger partial charge in [0.15, 0.2) is 0 Å². The Balaban J connectivity index is 1.61. The summed E-state index contributed by atoms with van der Waals surface area (Å²) >= 11 is 0. The third-order valence-corrected chi connectivity index (χ3v) is 5.11. The van der Waals surface area contributed by atoms with Crippen molar-refractivity contribution in [2.24, 2.45) is 5.73 Å². The van der Waals surface area contributed by atoms with E-state index in [2.05, 4.69) is 10.2 Å². The molecule has 1 unspecified atom stereocenters. The number of hydrogen-bond donors (Lipinski definition) is 2. The summed E-state index contributed by atoms with van der Waals surface area (Å²) in [6.07, 6.45) is 4.08. The van der Waals surface area contributed by atoms with E-state index in [1.807, 2.05) is 17.0 Å². The van der Waals surface area contributed by atoms with Gasteiger partial charge in [-0.2, -0.15) is 0 Å². The van der Waals surface area contributed by atoms with Crippen LogP contribution in [0.15, 0.2) is 24.3 Å². The van der Waals surface area contributed by atoms with E-state index in [-0.39, 0.29) is 23.9 Å². The van der Waals surface area contributed by atoms with Gasteiger partial charge >= 0.3 is 6.03 Å². The van der Waals surface area contributed by atoms with Crippen molar-refractivity contribution in [3.63, 3.8) is 0 Å². The molecule has 2 aliphatic heterocycles. The van der Waals surface area contributed by atoms with Crippen LogP contribution in [0.4, 0.5) is 9.18 Å². The molecule has 132 valence electrons. The maximum Gasteiger partial charge on any atom is 0.317 e. The lowest BCUT2D eigenvalue weighted by Crippen LogP contribution is -2.48. The van der Waals surface area contributed by atoms with Crippen molar-refractivity contribution in [2.45, 2.75) is 37.8 Å². The van der Waals surface area contributed by atoms with Crippen molar-refractivity contribution in [3.05, 3.63) is 35.6 Å². The third-order valence-electron chi connectivity index (χ3n) is 5.11. The smallest absolute Gasteiger partial charge is 0.317 e. The lowest BCUT2D eigenvalue weighted by molar-refractivity contribution is 0.174. The van der Waals surface area contributed by atoms with E-state index < -0.39 is 0 Å². The fourth-order valence-corrected chi connectivity index (χ4v) is 3.59. The molecule has 0 saturated carbocycles. The van der Waals surface area contributed by atoms with Crippen molar-refractivity contribution < 1.29 is 9.18 Å². The van der Waals surface area contributed by atoms with Crippen molar-refractivity contribution in [1.29, 1.82) is 0 Å². The second kappa shape index (κ2) is 7.94. The standard InChI is InChI=1S/C18H27FN4O/c19-15-5-3-14(4-6-15)17(22-9-1-2-10-22)13-21-18(24)23-11-7-16(20)8-12-23/h3-6,16-17H,1-2,7-13,20H2,(H,21,24). The van der Waals surface area contributed by atoms with Gasteiger partial charge in [0.05, 0.1) is 6.04 Å². The Labute approximate surface area is 143 Å². The molecule has 0 spiro atoms. The Morgan fingerprint density at radius 2 is 1.79 bits per heavy atom. The van der Waals surface area contributed by atoms with Gasteiger partial charge in [-0.15, -0.1) is 0 Å². The summed E-state index contributed by atoms with van der Waals surface area (Å²) in [6, 6.07) is 6.93. The normalized spacial score (nSPS) is 21.0. The molecule has 1 atom stereocenters. The summed E-state index contributed by atoms with van der Waals surface area (Å²) < 4.78 is 13.2. The van der Waals surface area contributed by atoms with Crippen molar-refractivity contribution in [1.82, 2.24) is 15.1 Å². The zero-order valence-corrected chi connectivity index (χ0v) is 14.1. The number of urea groups is 1. The summed E-state index contributed by atoms with van der Waals surface area (Å²) in [5.41, 5.74) is 6.95. The first kappa shape index (κ1) is 17.2. The molecule has 2 fully saturated rings. The van der Waals surface area contributed by atoms with E-state index in [1.54, 1.807) is 0 Å². The molecule has 1 aromatic rings. The summed E-state index contributed by atoms with van der Waals surface area (Å²) in [6.45, 7) is 4.04. The molecule has 6 heteroatoms. The van der Waals surface area contributed by atoms with Crippen LogP contribution >= 0.6 is 0 Å². The number of carbonyl (C=O) groups is 1. The number of carbonyl (C=O) groups excluding carboxylic acids is 1. The van der Waals surface area contributed by atoms with Crippen molar-refractivity contribution in [2.75, 3.05) is 32.7 Å². The minimum atomic E-state index is -0.229. The van der Waals surface area contributed by atoms with Crippen LogP contribution in [0.2, 0.25) is 0 Å². The van der Waals surface area contributed by atoms with Gasteiger partial charge in [-0.25, -0.2) is 9.18 Å². The van der Waals surface area contributed by atoms with Gasteiger partial charge in [0.25, 0.3) is 0 Å². The fourth-order valence-electron chi connectivity index (χ4n) is 3.59. The second-order valence-corrected chi connectivity index (χ2v) is 6.82. The fraction of sp³-hybridized carbons (Fsp3) is 0.611. The topological polar surface area (TPSA) is 61.6 Å². The van der Waals surface area contributed by atoms with Gasteiger partial charge < -0.3 is 16.0 Å². The van der Waals surface area contributed by atoms with Gasteiger partial charge in [-0.05, 0) is 56.5 Å². The summed E-state index contributed by atoms with van der Waals surface area (Å²) in [4.78, 5) is 16.6. The Kier molecular flexibility index (Phi) is 5.68. The lowest BCUT2D eigenvalue weighted by atomic mass is 10.1. The highest BCUT2D eigenvalue weighted by molar-refractivity contribution is 5.74. The van der Waals surface area contributed by atoms with Crippen molar-refractivity contribution >= 4 is 6.03 Å². The first-order chi connectivity index (χ1) is 11.6. The van der Waals surface area contributed by atoms with Crippen LogP contribution in [0.3, 0.4) is 0 Å². The predicted octanol–water partition coefficient (Wildman–Crippen LogP) is 2.10. The van der Waals surface area contributed by atoms with E-state index in [9.17, 15) is 9.18 Å². The number of likely N-dealkylation sites (tertiary alicyclic amines) is 2. The number of hydrogen-bond acceptors (Lipinski definition) is 3. The number of benzene rings is 1. The summed E-state index contributed by atoms with van der Waals surface area (Å²) in [5, 5.41) is 3.07. The quantitative estimate of drug-likeness (QED) is 0.886. The average molecular weight is 334 g/mol. The highest BCUT2D eigenvalue weighted by Gasteiger charge is 2.26. The largest absolute Gasteiger partial charge is 0.336 e. The zero-order chi connectivity index (χ0) is 16.9. The van der Waals surface area contributed by atoms with Crippen LogP contribution < -0.4 is 11.1 Å². The zero-order valence-electron chi connectivity index (χ0n) is 14.1.